The van der Waals surface area contributed by atoms with Gasteiger partial charge in [0.25, 0.3) is 11.6 Å². The molecule has 1 heterocycles. The van der Waals surface area contributed by atoms with Crippen molar-refractivity contribution in [1.29, 1.82) is 0 Å². The number of nitrogens with zero attached hydrogens (tertiary/aromatic N) is 3. The number of hydrogen-bond acceptors (Lipinski definition) is 5. The maximum Gasteiger partial charge on any atom is 0.283 e. The Bertz CT molecular complexity index is 850. The van der Waals surface area contributed by atoms with Crippen LogP contribution in [0, 0.1) is 10.1 Å². The van der Waals surface area contributed by atoms with Crippen molar-refractivity contribution in [3.63, 3.8) is 0 Å². The molecule has 0 aromatic heterocycles. The first-order valence-corrected chi connectivity index (χ1v) is 7.89. The number of benzene rings is 2. The van der Waals surface area contributed by atoms with Crippen LogP contribution in [-0.2, 0) is 5.72 Å². The minimum atomic E-state index is -1.66. The number of carbonyl (C=O) groups is 1. The largest absolute Gasteiger partial charge is 0.365 e. The van der Waals surface area contributed by atoms with E-state index in [2.05, 4.69) is 5.10 Å². The van der Waals surface area contributed by atoms with Crippen LogP contribution in [0.15, 0.2) is 59.7 Å². The second-order valence-electron chi connectivity index (χ2n) is 5.77. The molecule has 1 aliphatic rings. The molecule has 0 fully saturated rings. The molecule has 1 atom stereocenters. The van der Waals surface area contributed by atoms with Gasteiger partial charge in [-0.25, -0.2) is 0 Å². The van der Waals surface area contributed by atoms with E-state index in [0.717, 1.165) is 5.01 Å². The van der Waals surface area contributed by atoms with Crippen LogP contribution in [0.3, 0.4) is 0 Å². The number of rotatable bonds is 4. The summed E-state index contributed by atoms with van der Waals surface area (Å²) in [5.41, 5.74) is -0.925. The molecule has 128 valence electrons. The zero-order chi connectivity index (χ0) is 18.0. The van der Waals surface area contributed by atoms with E-state index < -0.39 is 16.6 Å². The lowest BCUT2D eigenvalue weighted by molar-refractivity contribution is -0.385. The first-order valence-electron chi connectivity index (χ1n) is 7.89. The van der Waals surface area contributed by atoms with Crippen LogP contribution in [0.5, 0.6) is 0 Å². The average Bonchev–Trinajstić information content (AvgIpc) is 3.00. The van der Waals surface area contributed by atoms with Crippen molar-refractivity contribution in [2.75, 3.05) is 0 Å². The Morgan fingerprint density at radius 2 is 1.88 bits per heavy atom. The van der Waals surface area contributed by atoms with Crippen LogP contribution in [-0.4, -0.2) is 26.7 Å². The summed E-state index contributed by atoms with van der Waals surface area (Å²) < 4.78 is 0. The molecule has 1 aliphatic heterocycles. The summed E-state index contributed by atoms with van der Waals surface area (Å²) in [6.45, 7) is 1.88. The molecule has 25 heavy (non-hydrogen) atoms. The molecule has 3 rings (SSSR count). The third-order valence-corrected chi connectivity index (χ3v) is 4.21. The zero-order valence-corrected chi connectivity index (χ0v) is 13.6. The molecule has 7 heteroatoms. The maximum absolute atomic E-state index is 13.0. The quantitative estimate of drug-likeness (QED) is 0.684. The Balaban J connectivity index is 2.08. The van der Waals surface area contributed by atoms with E-state index in [9.17, 15) is 20.0 Å². The van der Waals surface area contributed by atoms with Crippen molar-refractivity contribution in [2.45, 2.75) is 25.5 Å². The monoisotopic (exact) mass is 339 g/mol. The maximum atomic E-state index is 13.0. The van der Waals surface area contributed by atoms with Crippen LogP contribution >= 0.6 is 0 Å². The molecule has 2 aromatic carbocycles. The minimum Gasteiger partial charge on any atom is -0.365 e. The Morgan fingerprint density at radius 3 is 2.52 bits per heavy atom. The number of nitro benzene ring substituents is 1. The van der Waals surface area contributed by atoms with Crippen LogP contribution < -0.4 is 0 Å². The van der Waals surface area contributed by atoms with E-state index in [4.69, 9.17) is 0 Å². The molecule has 1 amide bonds. The number of nitro groups is 1. The first-order chi connectivity index (χ1) is 12.0. The van der Waals surface area contributed by atoms with E-state index in [1.807, 2.05) is 6.92 Å². The fourth-order valence-electron chi connectivity index (χ4n) is 2.89. The summed E-state index contributed by atoms with van der Waals surface area (Å²) in [5.74, 6) is -0.706. The van der Waals surface area contributed by atoms with Gasteiger partial charge in [-0.1, -0.05) is 49.4 Å². The summed E-state index contributed by atoms with van der Waals surface area (Å²) in [6, 6.07) is 14.4. The minimum absolute atomic E-state index is 0.108. The van der Waals surface area contributed by atoms with Crippen molar-refractivity contribution in [1.82, 2.24) is 5.01 Å². The van der Waals surface area contributed by atoms with Gasteiger partial charge in [0.15, 0.2) is 5.72 Å². The van der Waals surface area contributed by atoms with E-state index in [1.54, 1.807) is 36.4 Å². The van der Waals surface area contributed by atoms with Crippen LogP contribution in [0.1, 0.15) is 35.7 Å². The van der Waals surface area contributed by atoms with Gasteiger partial charge in [0.1, 0.15) is 5.56 Å². The number of aliphatic hydroxyl groups is 1. The molecule has 2 aromatic rings. The lowest BCUT2D eigenvalue weighted by Gasteiger charge is -2.31. The van der Waals surface area contributed by atoms with Gasteiger partial charge in [-0.3, -0.25) is 14.9 Å². The summed E-state index contributed by atoms with van der Waals surface area (Å²) in [4.78, 5) is 23.6. The highest BCUT2D eigenvalue weighted by Crippen LogP contribution is 2.37. The summed E-state index contributed by atoms with van der Waals surface area (Å²) >= 11 is 0. The number of para-hydroxylation sites is 1. The third-order valence-electron chi connectivity index (χ3n) is 4.21. The Labute approximate surface area is 144 Å². The van der Waals surface area contributed by atoms with Gasteiger partial charge in [0.05, 0.1) is 4.92 Å². The molecule has 0 bridgehead atoms. The van der Waals surface area contributed by atoms with Crippen LogP contribution in [0.25, 0.3) is 0 Å². The normalized spacial score (nSPS) is 19.6. The molecule has 0 radical (unpaired) electrons. The van der Waals surface area contributed by atoms with Crippen LogP contribution in [0.2, 0.25) is 0 Å². The van der Waals surface area contributed by atoms with Gasteiger partial charge in [0.2, 0.25) is 0 Å². The molecule has 0 saturated carbocycles. The highest BCUT2D eigenvalue weighted by molar-refractivity contribution is 6.01. The number of hydrogen-bond donors (Lipinski definition) is 1. The number of hydrazone groups is 1. The van der Waals surface area contributed by atoms with Gasteiger partial charge in [-0.05, 0) is 12.5 Å². The molecule has 1 unspecified atom stereocenters. The van der Waals surface area contributed by atoms with Gasteiger partial charge < -0.3 is 5.11 Å². The Hall–Kier alpha value is -3.06. The van der Waals surface area contributed by atoms with Crippen molar-refractivity contribution in [3.05, 3.63) is 75.8 Å². The Morgan fingerprint density at radius 1 is 1.24 bits per heavy atom. The third kappa shape index (κ3) is 2.89. The van der Waals surface area contributed by atoms with Crippen molar-refractivity contribution < 1.29 is 14.8 Å². The van der Waals surface area contributed by atoms with Gasteiger partial charge in [-0.15, -0.1) is 0 Å². The van der Waals surface area contributed by atoms with Crippen LogP contribution in [0.4, 0.5) is 5.69 Å². The Kier molecular flexibility index (Phi) is 4.33. The summed E-state index contributed by atoms with van der Waals surface area (Å²) in [5, 5.41) is 27.6. The van der Waals surface area contributed by atoms with Crippen molar-refractivity contribution in [3.8, 4) is 0 Å². The second kappa shape index (κ2) is 6.45. The van der Waals surface area contributed by atoms with E-state index in [-0.39, 0.29) is 17.7 Å². The van der Waals surface area contributed by atoms with E-state index in [1.165, 1.54) is 18.2 Å². The fourth-order valence-corrected chi connectivity index (χ4v) is 2.89. The van der Waals surface area contributed by atoms with E-state index in [0.29, 0.717) is 17.7 Å². The molecular formula is C18H17N3O4. The average molecular weight is 339 g/mol. The molecule has 0 saturated heterocycles. The standard InChI is InChI=1S/C18H17N3O4/c1-2-14-12-18(23,13-8-4-3-5-9-13)20(19-14)17(22)15-10-6-7-11-16(15)21(24)25/h3-11,23H,2,12H2,1H3. The topological polar surface area (TPSA) is 96.0 Å². The van der Waals surface area contributed by atoms with Gasteiger partial charge in [0, 0.05) is 23.8 Å². The first kappa shape index (κ1) is 16.8. The molecule has 1 N–H and O–H groups in total. The smallest absolute Gasteiger partial charge is 0.283 e. The lowest BCUT2D eigenvalue weighted by Crippen LogP contribution is -2.43. The highest BCUT2D eigenvalue weighted by Gasteiger charge is 2.46. The lowest BCUT2D eigenvalue weighted by atomic mass is 9.96. The molecule has 0 spiro atoms. The fraction of sp³-hybridized carbons (Fsp3) is 0.222. The predicted octanol–water partition coefficient (Wildman–Crippen LogP) is 3.05. The second-order valence-corrected chi connectivity index (χ2v) is 5.77. The zero-order valence-electron chi connectivity index (χ0n) is 13.6. The van der Waals surface area contributed by atoms with Gasteiger partial charge in [-0.2, -0.15) is 10.1 Å². The predicted molar refractivity (Wildman–Crippen MR) is 91.9 cm³/mol. The van der Waals surface area contributed by atoms with Crippen molar-refractivity contribution in [2.24, 2.45) is 5.10 Å². The summed E-state index contributed by atoms with van der Waals surface area (Å²) in [6.07, 6.45) is 0.732. The molecule has 7 nitrogen and oxygen atoms in total. The molecular weight excluding hydrogens is 322 g/mol. The number of carbonyl (C=O) groups excluding carboxylic acids is 1. The van der Waals surface area contributed by atoms with Crippen molar-refractivity contribution >= 4 is 17.3 Å². The number of amides is 1. The summed E-state index contributed by atoms with van der Waals surface area (Å²) in [7, 11) is 0. The highest BCUT2D eigenvalue weighted by atomic mass is 16.6. The SMILES string of the molecule is CCC1=NN(C(=O)c2ccccc2[N+](=O)[O-])C(O)(c2ccccc2)C1. The van der Waals surface area contributed by atoms with E-state index >= 15 is 0 Å². The molecule has 0 aliphatic carbocycles. The van der Waals surface area contributed by atoms with Gasteiger partial charge >= 0.3 is 0 Å².